The maximum atomic E-state index is 11.7. The van der Waals surface area contributed by atoms with Crippen LogP contribution in [-0.4, -0.2) is 27.3 Å². The van der Waals surface area contributed by atoms with Crippen LogP contribution in [0.1, 0.15) is 83.4 Å². The summed E-state index contributed by atoms with van der Waals surface area (Å²) in [6, 6.07) is 6.85. The minimum absolute atomic E-state index is 0.0262. The standard InChI is InChI=1S/C15H20ClNO.C13H14ClNO2/c1-11(12(2)18)6-5-8-15(3,4)14-10-13(16)7-9-17-14;1-9(10(2)16)4-3-5-13(17)12-8-11(14)6-7-15-12/h6-7,9-10H,5,8H2,1-4H3;4,6-8H,3,5H2,1-2H3/b11-6+;9-4+. The summed E-state index contributed by atoms with van der Waals surface area (Å²) in [7, 11) is 0. The molecule has 0 saturated heterocycles. The number of allylic oxidation sites excluding steroid dienone is 4. The molecule has 5 nitrogen and oxygen atoms in total. The van der Waals surface area contributed by atoms with E-state index in [1.807, 2.05) is 19.1 Å². The maximum absolute atomic E-state index is 11.7. The van der Waals surface area contributed by atoms with E-state index in [4.69, 9.17) is 23.2 Å². The Morgan fingerprint density at radius 2 is 1.34 bits per heavy atom. The van der Waals surface area contributed by atoms with E-state index >= 15 is 0 Å². The largest absolute Gasteiger partial charge is 0.295 e. The number of rotatable bonds is 10. The van der Waals surface area contributed by atoms with Crippen molar-refractivity contribution in [2.24, 2.45) is 0 Å². The first kappa shape index (κ1) is 30.4. The molecule has 35 heavy (non-hydrogen) atoms. The quantitative estimate of drug-likeness (QED) is 0.240. The average molecular weight is 517 g/mol. The van der Waals surface area contributed by atoms with Gasteiger partial charge in [0.25, 0.3) is 0 Å². The molecule has 7 heteroatoms. The summed E-state index contributed by atoms with van der Waals surface area (Å²) in [5.41, 5.74) is 2.82. The van der Waals surface area contributed by atoms with Crippen molar-refractivity contribution in [3.63, 3.8) is 0 Å². The number of halogens is 2. The van der Waals surface area contributed by atoms with E-state index in [1.165, 1.54) is 13.1 Å². The van der Waals surface area contributed by atoms with Gasteiger partial charge in [-0.3, -0.25) is 24.4 Å². The number of ketones is 3. The van der Waals surface area contributed by atoms with Crippen LogP contribution >= 0.6 is 23.2 Å². The minimum atomic E-state index is -0.0693. The van der Waals surface area contributed by atoms with Crippen molar-refractivity contribution in [3.05, 3.63) is 81.4 Å². The van der Waals surface area contributed by atoms with E-state index in [0.717, 1.165) is 24.1 Å². The van der Waals surface area contributed by atoms with E-state index in [1.54, 1.807) is 44.3 Å². The monoisotopic (exact) mass is 516 g/mol. The smallest absolute Gasteiger partial charge is 0.181 e. The SMILES string of the molecule is CC(=O)/C(C)=C/CCC(=O)c1cc(Cl)ccn1.CC(=O)/C(C)=C/CCC(C)(C)c1cc(Cl)ccn1. The second-order valence-corrected chi connectivity index (χ2v) is 9.86. The van der Waals surface area contributed by atoms with Gasteiger partial charge >= 0.3 is 0 Å². The van der Waals surface area contributed by atoms with Crippen LogP contribution in [-0.2, 0) is 15.0 Å². The van der Waals surface area contributed by atoms with Crippen molar-refractivity contribution < 1.29 is 14.4 Å². The summed E-state index contributed by atoms with van der Waals surface area (Å²) in [6.07, 6.45) is 9.68. The molecule has 188 valence electrons. The molecule has 0 unspecified atom stereocenters. The summed E-state index contributed by atoms with van der Waals surface area (Å²) in [4.78, 5) is 42.1. The lowest BCUT2D eigenvalue weighted by Crippen LogP contribution is -2.18. The molecule has 2 heterocycles. The van der Waals surface area contributed by atoms with Crippen LogP contribution in [0, 0.1) is 0 Å². The van der Waals surface area contributed by atoms with Crippen LogP contribution in [0.4, 0.5) is 0 Å². The van der Waals surface area contributed by atoms with Gasteiger partial charge in [-0.25, -0.2) is 0 Å². The lowest BCUT2D eigenvalue weighted by Gasteiger charge is -2.23. The Morgan fingerprint density at radius 3 is 1.86 bits per heavy atom. The lowest BCUT2D eigenvalue weighted by atomic mass is 9.83. The zero-order valence-electron chi connectivity index (χ0n) is 21.3. The number of Topliss-reactive ketones (excluding diaryl/α,β-unsaturated/α-hetero) is 3. The highest BCUT2D eigenvalue weighted by Crippen LogP contribution is 2.28. The minimum Gasteiger partial charge on any atom is -0.295 e. The molecule has 0 aliphatic heterocycles. The molecule has 0 N–H and O–H groups in total. The molecule has 2 aromatic heterocycles. The fourth-order valence-electron chi connectivity index (χ4n) is 2.95. The van der Waals surface area contributed by atoms with Gasteiger partial charge in [0.2, 0.25) is 0 Å². The number of aromatic nitrogens is 2. The van der Waals surface area contributed by atoms with Gasteiger partial charge < -0.3 is 0 Å². The van der Waals surface area contributed by atoms with Gasteiger partial charge in [0.05, 0.1) is 0 Å². The van der Waals surface area contributed by atoms with Crippen molar-refractivity contribution in [1.29, 1.82) is 0 Å². The van der Waals surface area contributed by atoms with Crippen LogP contribution in [0.15, 0.2) is 60.0 Å². The third kappa shape index (κ3) is 11.6. The lowest BCUT2D eigenvalue weighted by molar-refractivity contribution is -0.114. The number of hydrogen-bond acceptors (Lipinski definition) is 5. The number of carbonyl (C=O) groups excluding carboxylic acids is 3. The van der Waals surface area contributed by atoms with Crippen LogP contribution in [0.2, 0.25) is 10.0 Å². The molecule has 2 aromatic rings. The Kier molecular flexibility index (Phi) is 12.8. The number of carbonyl (C=O) groups is 3. The van der Waals surface area contributed by atoms with E-state index in [-0.39, 0.29) is 22.8 Å². The number of pyridine rings is 2. The van der Waals surface area contributed by atoms with Gasteiger partial charge in [0, 0.05) is 40.0 Å². The molecule has 0 aliphatic rings. The van der Waals surface area contributed by atoms with Crippen LogP contribution < -0.4 is 0 Å². The average Bonchev–Trinajstić information content (AvgIpc) is 2.79. The molecule has 0 aromatic carbocycles. The zero-order chi connectivity index (χ0) is 26.6. The zero-order valence-corrected chi connectivity index (χ0v) is 22.8. The summed E-state index contributed by atoms with van der Waals surface area (Å²) in [5, 5.41) is 1.21. The second kappa shape index (κ2) is 14.7. The summed E-state index contributed by atoms with van der Waals surface area (Å²) < 4.78 is 0. The molecular formula is C28H34Cl2N2O3. The third-order valence-electron chi connectivity index (χ3n) is 5.58. The highest BCUT2D eigenvalue weighted by Gasteiger charge is 2.21. The molecule has 0 fully saturated rings. The second-order valence-electron chi connectivity index (χ2n) is 8.99. The first-order valence-electron chi connectivity index (χ1n) is 11.5. The third-order valence-corrected chi connectivity index (χ3v) is 6.05. The van der Waals surface area contributed by atoms with Crippen molar-refractivity contribution >= 4 is 40.6 Å². The molecule has 0 bridgehead atoms. The fraction of sp³-hybridized carbons (Fsp3) is 0.393. The Labute approximate surface area is 218 Å². The van der Waals surface area contributed by atoms with Crippen molar-refractivity contribution in [2.75, 3.05) is 0 Å². The molecule has 2 rings (SSSR count). The highest BCUT2D eigenvalue weighted by molar-refractivity contribution is 6.31. The molecule has 0 radical (unpaired) electrons. The Morgan fingerprint density at radius 1 is 0.829 bits per heavy atom. The molecule has 0 saturated carbocycles. The highest BCUT2D eigenvalue weighted by atomic mass is 35.5. The van der Waals surface area contributed by atoms with Gasteiger partial charge in [0.1, 0.15) is 5.69 Å². The van der Waals surface area contributed by atoms with Gasteiger partial charge in [-0.15, -0.1) is 0 Å². The fourth-order valence-corrected chi connectivity index (χ4v) is 3.26. The van der Waals surface area contributed by atoms with E-state index in [2.05, 4.69) is 23.8 Å². The number of nitrogens with zero attached hydrogens (tertiary/aromatic N) is 2. The molecule has 0 spiro atoms. The van der Waals surface area contributed by atoms with Crippen LogP contribution in [0.25, 0.3) is 0 Å². The Hall–Kier alpha value is -2.63. The normalized spacial score (nSPS) is 12.0. The number of hydrogen-bond donors (Lipinski definition) is 0. The van der Waals surface area contributed by atoms with Gasteiger partial charge in [-0.2, -0.15) is 0 Å². The summed E-state index contributed by atoms with van der Waals surface area (Å²) in [5.74, 6) is 0.0899. The van der Waals surface area contributed by atoms with E-state index in [9.17, 15) is 14.4 Å². The molecule has 0 aliphatic carbocycles. The van der Waals surface area contributed by atoms with Crippen LogP contribution in [0.5, 0.6) is 0 Å². The molecular weight excluding hydrogens is 483 g/mol. The van der Waals surface area contributed by atoms with Crippen molar-refractivity contribution in [1.82, 2.24) is 9.97 Å². The van der Waals surface area contributed by atoms with Crippen LogP contribution in [0.3, 0.4) is 0 Å². The predicted molar refractivity (Wildman–Crippen MR) is 143 cm³/mol. The van der Waals surface area contributed by atoms with Gasteiger partial charge in [-0.1, -0.05) is 49.2 Å². The Balaban J connectivity index is 0.000000351. The predicted octanol–water partition coefficient (Wildman–Crippen LogP) is 7.56. The van der Waals surface area contributed by atoms with E-state index < -0.39 is 0 Å². The first-order chi connectivity index (χ1) is 16.3. The summed E-state index contributed by atoms with van der Waals surface area (Å²) >= 11 is 11.7. The van der Waals surface area contributed by atoms with Gasteiger partial charge in [-0.05, 0) is 82.4 Å². The topological polar surface area (TPSA) is 77.0 Å². The molecule has 0 amide bonds. The van der Waals surface area contributed by atoms with Crippen molar-refractivity contribution in [2.45, 2.75) is 72.6 Å². The first-order valence-corrected chi connectivity index (χ1v) is 12.2. The van der Waals surface area contributed by atoms with Gasteiger partial charge in [0.15, 0.2) is 17.3 Å². The van der Waals surface area contributed by atoms with Crippen molar-refractivity contribution in [3.8, 4) is 0 Å². The van der Waals surface area contributed by atoms with E-state index in [0.29, 0.717) is 34.2 Å². The maximum Gasteiger partial charge on any atom is 0.181 e. The summed E-state index contributed by atoms with van der Waals surface area (Å²) in [6.45, 7) is 11.0. The molecule has 0 atom stereocenters. The Bertz CT molecular complexity index is 1100.